The van der Waals surface area contributed by atoms with Crippen LogP contribution in [0.4, 0.5) is 34.1 Å². The first kappa shape index (κ1) is 32.5. The van der Waals surface area contributed by atoms with Crippen molar-refractivity contribution in [2.45, 2.75) is 20.8 Å². The van der Waals surface area contributed by atoms with Gasteiger partial charge in [-0.15, -0.1) is 0 Å². The zero-order valence-electron chi connectivity index (χ0n) is 31.6. The van der Waals surface area contributed by atoms with Crippen molar-refractivity contribution in [2.24, 2.45) is 0 Å². The maximum Gasteiger partial charge on any atom is 0.256 e. The van der Waals surface area contributed by atoms with Crippen LogP contribution in [0.2, 0.25) is 0 Å². The van der Waals surface area contributed by atoms with Crippen molar-refractivity contribution >= 4 is 79.0 Å². The SMILES string of the molecule is Cc1ccc(N(c2ccc3c(c2)Oc2cccc4c2B3c2cc(C)ccc2N4c2ccc(C)cc2)c2ccc3c(c2)c2ccccc2n3-c2ccccc2)cc1. The summed E-state index contributed by atoms with van der Waals surface area (Å²) in [5, 5.41) is 2.44. The van der Waals surface area contributed by atoms with Gasteiger partial charge in [-0.25, -0.2) is 0 Å². The van der Waals surface area contributed by atoms with E-state index in [4.69, 9.17) is 4.74 Å². The molecule has 8 aromatic carbocycles. The van der Waals surface area contributed by atoms with Crippen LogP contribution >= 0.6 is 0 Å². The van der Waals surface area contributed by atoms with Gasteiger partial charge in [0.05, 0.1) is 11.0 Å². The molecule has 266 valence electrons. The highest BCUT2D eigenvalue weighted by atomic mass is 16.5. The van der Waals surface area contributed by atoms with Gasteiger partial charge in [0.25, 0.3) is 6.71 Å². The molecule has 0 saturated heterocycles. The van der Waals surface area contributed by atoms with Crippen LogP contribution in [0.3, 0.4) is 0 Å². The minimum Gasteiger partial charge on any atom is -0.458 e. The minimum absolute atomic E-state index is 0.0314. The van der Waals surface area contributed by atoms with Gasteiger partial charge in [-0.3, -0.25) is 0 Å². The quantitative estimate of drug-likeness (QED) is 0.165. The summed E-state index contributed by atoms with van der Waals surface area (Å²) in [4.78, 5) is 4.76. The lowest BCUT2D eigenvalue weighted by Gasteiger charge is -2.40. The molecule has 4 nitrogen and oxygen atoms in total. The number of nitrogens with zero attached hydrogens (tertiary/aromatic N) is 3. The van der Waals surface area contributed by atoms with E-state index in [-0.39, 0.29) is 6.71 Å². The Hall–Kier alpha value is -6.98. The Morgan fingerprint density at radius 3 is 1.95 bits per heavy atom. The number of hydrogen-bond donors (Lipinski definition) is 0. The Morgan fingerprint density at radius 1 is 0.446 bits per heavy atom. The molecule has 0 N–H and O–H groups in total. The monoisotopic (exact) mass is 719 g/mol. The first-order valence-electron chi connectivity index (χ1n) is 19.4. The summed E-state index contributed by atoms with van der Waals surface area (Å²) in [5.74, 6) is 1.78. The molecule has 0 unspecified atom stereocenters. The first-order valence-corrected chi connectivity index (χ1v) is 19.4. The van der Waals surface area contributed by atoms with Gasteiger partial charge in [0.2, 0.25) is 0 Å². The maximum absolute atomic E-state index is 6.98. The first-order chi connectivity index (χ1) is 27.5. The molecule has 5 heteroatoms. The summed E-state index contributed by atoms with van der Waals surface area (Å²) in [6, 6.07) is 64.0. The normalized spacial score (nSPS) is 12.6. The van der Waals surface area contributed by atoms with Crippen LogP contribution in [0.5, 0.6) is 11.5 Å². The zero-order chi connectivity index (χ0) is 37.5. The smallest absolute Gasteiger partial charge is 0.256 e. The minimum atomic E-state index is 0.0314. The number of benzene rings is 8. The summed E-state index contributed by atoms with van der Waals surface area (Å²) in [5.41, 5.74) is 17.6. The van der Waals surface area contributed by atoms with Crippen molar-refractivity contribution in [1.82, 2.24) is 4.57 Å². The van der Waals surface area contributed by atoms with Crippen LogP contribution in [0.15, 0.2) is 176 Å². The highest BCUT2D eigenvalue weighted by molar-refractivity contribution is 6.99. The highest BCUT2D eigenvalue weighted by Gasteiger charge is 2.42. The molecule has 2 aliphatic rings. The van der Waals surface area contributed by atoms with E-state index in [1.807, 2.05) is 0 Å². The van der Waals surface area contributed by atoms with E-state index >= 15 is 0 Å². The van der Waals surface area contributed by atoms with Crippen LogP contribution < -0.4 is 30.9 Å². The molecular weight excluding hydrogens is 681 g/mol. The number of aromatic nitrogens is 1. The van der Waals surface area contributed by atoms with E-state index in [2.05, 4.69) is 211 Å². The average molecular weight is 720 g/mol. The predicted octanol–water partition coefficient (Wildman–Crippen LogP) is 11.6. The van der Waals surface area contributed by atoms with Crippen molar-refractivity contribution in [3.63, 3.8) is 0 Å². The molecule has 0 saturated carbocycles. The molecule has 3 heterocycles. The standard InChI is InChI=1S/C51H38BN3O/c1-33-16-21-37(22-17-33)53(39-26-29-46-42(31-39)41-12-7-8-13-45(41)54(46)36-10-5-4-6-11-36)40-25-27-43-50(32-40)56-49-15-9-14-48-51(49)52(43)44-30-35(3)20-28-47(44)55(48)38-23-18-34(2)19-24-38/h4-32H,1-3H3. The number of aryl methyl sites for hydroxylation is 3. The van der Waals surface area contributed by atoms with Crippen molar-refractivity contribution in [3.05, 3.63) is 193 Å². The lowest BCUT2D eigenvalue weighted by Crippen LogP contribution is -2.59. The second-order valence-electron chi connectivity index (χ2n) is 15.2. The summed E-state index contributed by atoms with van der Waals surface area (Å²) in [6.45, 7) is 6.50. The third-order valence-electron chi connectivity index (χ3n) is 11.6. The largest absolute Gasteiger partial charge is 0.458 e. The molecule has 11 rings (SSSR count). The molecule has 2 aliphatic heterocycles. The second kappa shape index (κ2) is 12.5. The highest BCUT2D eigenvalue weighted by Crippen LogP contribution is 2.44. The van der Waals surface area contributed by atoms with Gasteiger partial charge in [0.1, 0.15) is 11.5 Å². The molecule has 0 radical (unpaired) electrons. The lowest BCUT2D eigenvalue weighted by molar-refractivity contribution is 0.487. The van der Waals surface area contributed by atoms with Gasteiger partial charge in [-0.05, 0) is 122 Å². The molecule has 0 amide bonds. The van der Waals surface area contributed by atoms with E-state index < -0.39 is 0 Å². The predicted molar refractivity (Wildman–Crippen MR) is 236 cm³/mol. The van der Waals surface area contributed by atoms with E-state index in [9.17, 15) is 0 Å². The van der Waals surface area contributed by atoms with Crippen molar-refractivity contribution < 1.29 is 4.74 Å². The fourth-order valence-electron chi connectivity index (χ4n) is 9.00. The topological polar surface area (TPSA) is 20.6 Å². The lowest BCUT2D eigenvalue weighted by atomic mass is 9.34. The Morgan fingerprint density at radius 2 is 1.12 bits per heavy atom. The fraction of sp³-hybridized carbons (Fsp3) is 0.0588. The molecule has 56 heavy (non-hydrogen) atoms. The van der Waals surface area contributed by atoms with Gasteiger partial charge >= 0.3 is 0 Å². The van der Waals surface area contributed by atoms with Gasteiger partial charge in [-0.2, -0.15) is 0 Å². The maximum atomic E-state index is 6.98. The second-order valence-corrected chi connectivity index (χ2v) is 15.2. The zero-order valence-corrected chi connectivity index (χ0v) is 31.6. The van der Waals surface area contributed by atoms with Crippen LogP contribution in [0.25, 0.3) is 27.5 Å². The number of hydrogen-bond acceptors (Lipinski definition) is 3. The summed E-state index contributed by atoms with van der Waals surface area (Å²) < 4.78 is 9.35. The Bertz CT molecular complexity index is 2990. The molecule has 0 aliphatic carbocycles. The molecule has 0 spiro atoms. The van der Waals surface area contributed by atoms with Crippen molar-refractivity contribution in [1.29, 1.82) is 0 Å². The van der Waals surface area contributed by atoms with E-state index in [1.54, 1.807) is 0 Å². The van der Waals surface area contributed by atoms with Crippen LogP contribution in [0, 0.1) is 20.8 Å². The van der Waals surface area contributed by atoms with E-state index in [0.29, 0.717) is 0 Å². The van der Waals surface area contributed by atoms with Crippen molar-refractivity contribution in [2.75, 3.05) is 9.80 Å². The molecule has 0 bridgehead atoms. The summed E-state index contributed by atoms with van der Waals surface area (Å²) >= 11 is 0. The van der Waals surface area contributed by atoms with Crippen LogP contribution in [-0.4, -0.2) is 11.3 Å². The van der Waals surface area contributed by atoms with Gasteiger partial charge < -0.3 is 19.1 Å². The Balaban J connectivity index is 1.08. The number of ether oxygens (including phenoxy) is 1. The average Bonchev–Trinajstić information content (AvgIpc) is 3.56. The van der Waals surface area contributed by atoms with Gasteiger partial charge in [0.15, 0.2) is 0 Å². The van der Waals surface area contributed by atoms with Crippen LogP contribution in [0.1, 0.15) is 16.7 Å². The summed E-state index contributed by atoms with van der Waals surface area (Å²) in [7, 11) is 0. The van der Waals surface area contributed by atoms with E-state index in [0.717, 1.165) is 45.6 Å². The third-order valence-corrected chi connectivity index (χ3v) is 11.6. The van der Waals surface area contributed by atoms with Crippen molar-refractivity contribution in [3.8, 4) is 17.2 Å². The van der Waals surface area contributed by atoms with Gasteiger partial charge in [0, 0.05) is 56.7 Å². The number of anilines is 6. The molecule has 0 fully saturated rings. The van der Waals surface area contributed by atoms with Crippen LogP contribution in [-0.2, 0) is 0 Å². The van der Waals surface area contributed by atoms with Gasteiger partial charge in [-0.1, -0.05) is 102 Å². The molecular formula is C51H38BN3O. The summed E-state index contributed by atoms with van der Waals surface area (Å²) in [6.07, 6.45) is 0. The Labute approximate surface area is 327 Å². The number of rotatable bonds is 5. The van der Waals surface area contributed by atoms with E-state index in [1.165, 1.54) is 60.6 Å². The molecule has 0 atom stereocenters. The third kappa shape index (κ3) is 5.01. The number of fused-ring (bicyclic) bond motifs is 7. The molecule has 9 aromatic rings. The Kier molecular flexibility index (Phi) is 7.27. The molecule has 1 aromatic heterocycles. The fourth-order valence-corrected chi connectivity index (χ4v) is 9.00. The number of para-hydroxylation sites is 2.